The predicted octanol–water partition coefficient (Wildman–Crippen LogP) is 1.68. The number of Topliss-reactive ketones (excluding diaryl/α,β-unsaturated/α-hetero) is 2. The number of nitrogens with zero attached hydrogens (tertiary/aromatic N) is 3. The van der Waals surface area contributed by atoms with Gasteiger partial charge in [0.25, 0.3) is 5.91 Å². The van der Waals surface area contributed by atoms with Gasteiger partial charge in [-0.3, -0.25) is 28.8 Å². The Kier molecular flexibility index (Phi) is 15.1. The minimum atomic E-state index is -3.01. The number of aromatic nitrogens is 2. The van der Waals surface area contributed by atoms with Crippen LogP contribution in [0.3, 0.4) is 0 Å². The van der Waals surface area contributed by atoms with Crippen LogP contribution in [0.4, 0.5) is 5.69 Å². The number of unbranched alkanes of at least 4 members (excludes halogenated alkanes) is 7. The van der Waals surface area contributed by atoms with E-state index in [1.54, 1.807) is 13.0 Å². The monoisotopic (exact) mass is 927 g/mol. The number of fused-ring (bicyclic) bond motifs is 3. The molecule has 3 aliphatic carbocycles. The Labute approximate surface area is 386 Å². The summed E-state index contributed by atoms with van der Waals surface area (Å²) in [5, 5.41) is 69.3. The molecule has 1 saturated carbocycles. The number of aliphatic hydroxyl groups is 4. The van der Waals surface area contributed by atoms with Gasteiger partial charge < -0.3 is 49.0 Å². The Morgan fingerprint density at radius 1 is 0.862 bits per heavy atom. The number of benzene rings is 3. The van der Waals surface area contributed by atoms with Crippen LogP contribution in [-0.4, -0.2) is 102 Å². The zero-order valence-corrected chi connectivity index (χ0v) is 38.8. The Hall–Kier alpha value is -5.37. The Bertz CT molecular complexity index is 2450. The number of carbonyl (C=O) groups excluding carboxylic acids is 4. The van der Waals surface area contributed by atoms with Crippen molar-refractivity contribution in [1.82, 2.24) is 14.7 Å². The van der Waals surface area contributed by atoms with Crippen molar-refractivity contribution in [3.63, 3.8) is 0 Å². The number of aliphatic hydroxyl groups excluding tert-OH is 3. The number of nitrogens with two attached hydrogens (primary N) is 1. The summed E-state index contributed by atoms with van der Waals surface area (Å²) in [4.78, 5) is 54.4. The zero-order valence-electron chi connectivity index (χ0n) is 37.2. The first-order chi connectivity index (χ1) is 30.6. The van der Waals surface area contributed by atoms with E-state index in [0.717, 1.165) is 51.1 Å². The SMILES string of the molecule is C[C@H]1c2ccc(NC(=O)CCCCCCCCCC[P+](c3ccccc3)(c3ccccc3)c3cnn(C)c3)c(O)c2C(O)=C2C(=O)[C@]3(O)C(O)=C(C(N)=O)C(=O)[C@@H](N(C)C)[C@@H]3[C@@H](O)[C@@H]21.[Cl-]. The Morgan fingerprint density at radius 2 is 1.43 bits per heavy atom. The Morgan fingerprint density at radius 3 is 1.97 bits per heavy atom. The molecule has 1 aromatic heterocycles. The number of primary amides is 1. The van der Waals surface area contributed by atoms with E-state index in [4.69, 9.17) is 5.73 Å². The van der Waals surface area contributed by atoms with Gasteiger partial charge in [-0.05, 0) is 75.2 Å². The van der Waals surface area contributed by atoms with E-state index in [1.165, 1.54) is 41.0 Å². The van der Waals surface area contributed by atoms with Crippen LogP contribution in [0.15, 0.2) is 102 Å². The molecule has 2 amide bonds. The van der Waals surface area contributed by atoms with Gasteiger partial charge in [0.2, 0.25) is 11.7 Å². The summed E-state index contributed by atoms with van der Waals surface area (Å²) in [6.07, 6.45) is 11.7. The first kappa shape index (κ1) is 49.1. The molecule has 0 radical (unpaired) electrons. The number of likely N-dealkylation sites (N-methyl/N-ethyl adjacent to an activating group) is 1. The molecular weight excluding hydrogens is 869 g/mol. The van der Waals surface area contributed by atoms with E-state index in [-0.39, 0.29) is 36.0 Å². The lowest BCUT2D eigenvalue weighted by Crippen LogP contribution is -3.00. The second-order valence-corrected chi connectivity index (χ2v) is 21.3. The van der Waals surface area contributed by atoms with Crippen LogP contribution in [0.1, 0.15) is 81.8 Å². The molecule has 0 unspecified atom stereocenters. The van der Waals surface area contributed by atoms with Crippen molar-refractivity contribution in [2.24, 2.45) is 24.6 Å². The highest BCUT2D eigenvalue weighted by molar-refractivity contribution is 7.95. The van der Waals surface area contributed by atoms with Gasteiger partial charge in [0.15, 0.2) is 11.4 Å². The van der Waals surface area contributed by atoms with Gasteiger partial charge in [-0.2, -0.15) is 5.10 Å². The number of rotatable bonds is 17. The number of hydrogen-bond donors (Lipinski definition) is 7. The van der Waals surface area contributed by atoms with E-state index in [9.17, 15) is 44.7 Å². The molecule has 346 valence electrons. The number of phenolic OH excluding ortho intramolecular Hbond substituents is 1. The van der Waals surface area contributed by atoms with Crippen molar-refractivity contribution in [2.75, 3.05) is 25.6 Å². The summed E-state index contributed by atoms with van der Waals surface area (Å²) in [6, 6.07) is 23.3. The van der Waals surface area contributed by atoms with Gasteiger partial charge in [0.05, 0.1) is 47.9 Å². The van der Waals surface area contributed by atoms with Gasteiger partial charge in [0.1, 0.15) is 46.0 Å². The van der Waals surface area contributed by atoms with Crippen LogP contribution >= 0.6 is 7.26 Å². The lowest BCUT2D eigenvalue weighted by atomic mass is 9.54. The number of ketones is 2. The molecule has 1 heterocycles. The van der Waals surface area contributed by atoms with Crippen LogP contribution < -0.4 is 39.4 Å². The first-order valence-corrected chi connectivity index (χ1v) is 24.0. The summed E-state index contributed by atoms with van der Waals surface area (Å²) < 4.78 is 1.89. The van der Waals surface area contributed by atoms with Gasteiger partial charge in [-0.1, -0.05) is 81.5 Å². The molecule has 0 aliphatic heterocycles. The van der Waals surface area contributed by atoms with Crippen molar-refractivity contribution in [3.8, 4) is 5.75 Å². The molecule has 0 bridgehead atoms. The fourth-order valence-electron chi connectivity index (χ4n) is 10.4. The standard InChI is InChI=1S/C49H58N5O9P.ClH/c1-29-33-24-25-34(42(56)37(33)43(57)38-36(29)44(58)40-41(53(2)3)45(59)39(48(50)62)47(61)49(40,63)46(38)60)52-35(55)23-17-9-7-5-6-8-10-18-26-64(30-19-13-11-14-20-30,31-21-15-12-16-22-31)32-27-51-54(4)28-32;/h11-16,19-22,24-25,27-29,36,40-41,44,58,63H,5-10,17-18,23,26H2,1-4H3,(H5-,50,52,55,56,57,59,60,61,62);1H/t29-,36+,40+,41-,44-,49-;/m0./s1. The molecule has 7 rings (SSSR count). The molecule has 14 nitrogen and oxygen atoms in total. The summed E-state index contributed by atoms with van der Waals surface area (Å²) in [5.74, 6) is -10.1. The van der Waals surface area contributed by atoms with Crippen LogP contribution in [0.2, 0.25) is 0 Å². The number of aryl methyl sites for hydroxylation is 1. The number of carbonyl (C=O) groups is 4. The normalized spacial score (nSPS) is 22.8. The van der Waals surface area contributed by atoms with Crippen molar-refractivity contribution >= 4 is 58.0 Å². The number of anilines is 1. The summed E-state index contributed by atoms with van der Waals surface area (Å²) in [5.41, 5.74) is 1.08. The molecule has 6 atom stereocenters. The van der Waals surface area contributed by atoms with Crippen molar-refractivity contribution < 1.29 is 57.1 Å². The summed E-state index contributed by atoms with van der Waals surface area (Å²) >= 11 is 0. The molecule has 16 heteroatoms. The zero-order chi connectivity index (χ0) is 46.1. The van der Waals surface area contributed by atoms with Crippen molar-refractivity contribution in [1.29, 1.82) is 0 Å². The fraction of sp³-hybridized carbons (Fsp3) is 0.408. The maximum Gasteiger partial charge on any atom is 0.255 e. The van der Waals surface area contributed by atoms with E-state index in [0.29, 0.717) is 12.0 Å². The third kappa shape index (κ3) is 8.75. The van der Waals surface area contributed by atoms with E-state index in [1.807, 2.05) is 17.9 Å². The number of amides is 2. The van der Waals surface area contributed by atoms with E-state index < -0.39 is 88.7 Å². The number of hydrogen-bond acceptors (Lipinski definition) is 11. The molecule has 65 heavy (non-hydrogen) atoms. The second-order valence-electron chi connectivity index (χ2n) is 17.7. The van der Waals surface area contributed by atoms with Crippen molar-refractivity contribution in [3.05, 3.63) is 113 Å². The average molecular weight is 928 g/mol. The number of aromatic hydroxyl groups is 1. The predicted molar refractivity (Wildman–Crippen MR) is 247 cm³/mol. The summed E-state index contributed by atoms with van der Waals surface area (Å²) in [6.45, 7) is 1.65. The van der Waals surface area contributed by atoms with Crippen molar-refractivity contribution in [2.45, 2.75) is 88.4 Å². The third-order valence-electron chi connectivity index (χ3n) is 13.6. The first-order valence-electron chi connectivity index (χ1n) is 22.0. The van der Waals surface area contributed by atoms with E-state index >= 15 is 0 Å². The van der Waals surface area contributed by atoms with Crippen LogP contribution in [0.5, 0.6) is 5.75 Å². The smallest absolute Gasteiger partial charge is 0.255 e. The topological polar surface area (TPSA) is 229 Å². The maximum atomic E-state index is 14.3. The fourth-order valence-corrected chi connectivity index (χ4v) is 14.8. The largest absolute Gasteiger partial charge is 1.00 e. The van der Waals surface area contributed by atoms with Gasteiger partial charge in [-0.25, -0.2) is 0 Å². The molecule has 3 aromatic carbocycles. The molecule has 4 aromatic rings. The highest BCUT2D eigenvalue weighted by Gasteiger charge is 2.68. The van der Waals surface area contributed by atoms with Crippen LogP contribution in [0, 0.1) is 11.8 Å². The second kappa shape index (κ2) is 20.0. The number of nitrogens with one attached hydrogen (secondary N) is 1. The lowest BCUT2D eigenvalue weighted by molar-refractivity contribution is -0.169. The molecule has 8 N–H and O–H groups in total. The van der Waals surface area contributed by atoms with Gasteiger partial charge >= 0.3 is 0 Å². The van der Waals surface area contributed by atoms with Gasteiger partial charge in [-0.15, -0.1) is 0 Å². The molecule has 0 spiro atoms. The maximum absolute atomic E-state index is 14.3. The number of halogens is 1. The summed E-state index contributed by atoms with van der Waals surface area (Å²) in [7, 11) is 2.98. The minimum Gasteiger partial charge on any atom is -1.00 e. The van der Waals surface area contributed by atoms with Gasteiger partial charge in [0, 0.05) is 25.0 Å². The average Bonchev–Trinajstić information content (AvgIpc) is 3.71. The quantitative estimate of drug-likeness (QED) is 0.0349. The third-order valence-corrected chi connectivity index (χ3v) is 18.0. The molecular formula is C49H59ClN5O9P. The van der Waals surface area contributed by atoms with E-state index in [2.05, 4.69) is 77.3 Å². The minimum absolute atomic E-state index is 0. The van der Waals surface area contributed by atoms with Crippen LogP contribution in [0.25, 0.3) is 5.76 Å². The molecule has 1 fully saturated rings. The Balaban J connectivity index is 0.00000700. The number of phenols is 1. The highest BCUT2D eigenvalue weighted by Crippen LogP contribution is 2.58. The lowest BCUT2D eigenvalue weighted by Gasteiger charge is -2.53. The molecule has 3 aliphatic rings. The van der Waals surface area contributed by atoms with Crippen LogP contribution in [-0.2, 0) is 26.2 Å². The highest BCUT2D eigenvalue weighted by atomic mass is 35.5. The molecule has 0 saturated heterocycles.